The van der Waals surface area contributed by atoms with E-state index in [2.05, 4.69) is 0 Å². The Morgan fingerprint density at radius 2 is 1.36 bits per heavy atom. The monoisotopic (exact) mass is 520 g/mol. The molecule has 13 heteroatoms. The third-order valence-electron chi connectivity index (χ3n) is 4.84. The van der Waals surface area contributed by atoms with Crippen molar-refractivity contribution >= 4 is 29.8 Å². The van der Waals surface area contributed by atoms with Crippen LogP contribution in [0.5, 0.6) is 0 Å². The summed E-state index contributed by atoms with van der Waals surface area (Å²) in [5, 5.41) is 0. The first-order chi connectivity index (χ1) is 16.9. The standard InChI is InChI=1S/C23H36O13/c1-7-8-9-29-10-11-30-13-23(36-18(6)28)21(33-16(4)26)20(32-15(3)25)19(12-31-14(2)24)35-22(23)34-17(5)27/h19-22H,7-13H2,1-6H3/t19-,20-,21+,22+,23+/m1/s1. The van der Waals surface area contributed by atoms with Gasteiger partial charge in [-0.2, -0.15) is 0 Å². The second kappa shape index (κ2) is 15.4. The summed E-state index contributed by atoms with van der Waals surface area (Å²) in [7, 11) is 0. The molecule has 1 fully saturated rings. The van der Waals surface area contributed by atoms with Crippen LogP contribution in [0.2, 0.25) is 0 Å². The van der Waals surface area contributed by atoms with Crippen molar-refractivity contribution in [2.45, 2.75) is 84.6 Å². The van der Waals surface area contributed by atoms with Crippen LogP contribution in [0.1, 0.15) is 54.4 Å². The topological polar surface area (TPSA) is 159 Å². The normalized spacial score (nSPS) is 25.4. The Kier molecular flexibility index (Phi) is 13.3. The highest BCUT2D eigenvalue weighted by Gasteiger charge is 2.64. The Bertz CT molecular complexity index is 767. The van der Waals surface area contributed by atoms with Crippen LogP contribution >= 0.6 is 0 Å². The number of carbonyl (C=O) groups excluding carboxylic acids is 5. The lowest BCUT2D eigenvalue weighted by molar-refractivity contribution is -0.344. The van der Waals surface area contributed by atoms with Gasteiger partial charge >= 0.3 is 29.8 Å². The fourth-order valence-electron chi connectivity index (χ4n) is 3.50. The molecule has 0 aliphatic carbocycles. The van der Waals surface area contributed by atoms with E-state index in [9.17, 15) is 24.0 Å². The molecule has 13 nitrogen and oxygen atoms in total. The van der Waals surface area contributed by atoms with Gasteiger partial charge in [-0.3, -0.25) is 24.0 Å². The maximum atomic E-state index is 12.2. The molecule has 206 valence electrons. The zero-order chi connectivity index (χ0) is 27.3. The first-order valence-corrected chi connectivity index (χ1v) is 11.6. The second-order valence-corrected chi connectivity index (χ2v) is 8.09. The second-order valence-electron chi connectivity index (χ2n) is 8.09. The molecule has 0 spiro atoms. The van der Waals surface area contributed by atoms with Gasteiger partial charge in [0.25, 0.3) is 0 Å². The molecule has 0 bridgehead atoms. The minimum atomic E-state index is -2.08. The van der Waals surface area contributed by atoms with E-state index in [1.54, 1.807) is 0 Å². The minimum Gasteiger partial charge on any atom is -0.463 e. The van der Waals surface area contributed by atoms with E-state index in [0.29, 0.717) is 6.61 Å². The van der Waals surface area contributed by atoms with Crippen LogP contribution in [0.15, 0.2) is 0 Å². The maximum absolute atomic E-state index is 12.2. The molecule has 0 aromatic carbocycles. The predicted octanol–water partition coefficient (Wildman–Crippen LogP) is 0.836. The van der Waals surface area contributed by atoms with Crippen LogP contribution in [0.3, 0.4) is 0 Å². The number of ether oxygens (including phenoxy) is 8. The molecule has 1 aliphatic rings. The average Bonchev–Trinajstić information content (AvgIpc) is 2.75. The smallest absolute Gasteiger partial charge is 0.305 e. The molecule has 0 saturated carbocycles. The van der Waals surface area contributed by atoms with Gasteiger partial charge in [-0.05, 0) is 6.42 Å². The number of carbonyl (C=O) groups is 5. The Morgan fingerprint density at radius 1 is 0.750 bits per heavy atom. The SMILES string of the molecule is CCCCOCCOC[C@@]1(OC(C)=O)[C@@H](OC(C)=O)O[C@H](COC(C)=O)[C@@H](OC(C)=O)[C@@H]1OC(C)=O. The van der Waals surface area contributed by atoms with Gasteiger partial charge in [-0.15, -0.1) is 0 Å². The lowest BCUT2D eigenvalue weighted by Gasteiger charge is -2.50. The summed E-state index contributed by atoms with van der Waals surface area (Å²) in [6, 6.07) is 0. The highest BCUT2D eigenvalue weighted by molar-refractivity contribution is 5.70. The van der Waals surface area contributed by atoms with Crippen molar-refractivity contribution in [2.24, 2.45) is 0 Å². The molecule has 0 aromatic rings. The maximum Gasteiger partial charge on any atom is 0.305 e. The van der Waals surface area contributed by atoms with E-state index in [0.717, 1.165) is 47.5 Å². The summed E-state index contributed by atoms with van der Waals surface area (Å²) >= 11 is 0. The van der Waals surface area contributed by atoms with E-state index in [-0.39, 0.29) is 13.2 Å². The first-order valence-electron chi connectivity index (χ1n) is 11.6. The van der Waals surface area contributed by atoms with Gasteiger partial charge in [0.2, 0.25) is 11.9 Å². The summed E-state index contributed by atoms with van der Waals surface area (Å²) in [5.74, 6) is -3.96. The minimum absolute atomic E-state index is 0.0431. The van der Waals surface area contributed by atoms with E-state index >= 15 is 0 Å². The molecule has 0 amide bonds. The summed E-state index contributed by atoms with van der Waals surface area (Å²) < 4.78 is 43.6. The largest absolute Gasteiger partial charge is 0.463 e. The zero-order valence-electron chi connectivity index (χ0n) is 21.6. The average molecular weight is 521 g/mol. The summed E-state index contributed by atoms with van der Waals surface area (Å²) in [6.45, 7) is 7.35. The van der Waals surface area contributed by atoms with Crippen molar-refractivity contribution < 1.29 is 61.9 Å². The summed E-state index contributed by atoms with van der Waals surface area (Å²) in [5.41, 5.74) is -2.08. The predicted molar refractivity (Wildman–Crippen MR) is 119 cm³/mol. The number of unbranched alkanes of at least 4 members (excludes halogenated alkanes) is 1. The van der Waals surface area contributed by atoms with Crippen molar-refractivity contribution in [1.29, 1.82) is 0 Å². The van der Waals surface area contributed by atoms with Gasteiger partial charge in [0.05, 0.1) is 19.8 Å². The van der Waals surface area contributed by atoms with Crippen molar-refractivity contribution in [2.75, 3.05) is 33.0 Å². The van der Waals surface area contributed by atoms with Crippen LogP contribution in [-0.2, 0) is 61.9 Å². The van der Waals surface area contributed by atoms with E-state index in [1.165, 1.54) is 0 Å². The molecule has 0 aromatic heterocycles. The molecule has 1 aliphatic heterocycles. The van der Waals surface area contributed by atoms with Crippen LogP contribution in [0, 0.1) is 0 Å². The van der Waals surface area contributed by atoms with Gasteiger partial charge in [0.15, 0.2) is 12.2 Å². The summed E-state index contributed by atoms with van der Waals surface area (Å²) in [4.78, 5) is 59.6. The third kappa shape index (κ3) is 10.1. The van der Waals surface area contributed by atoms with Crippen LogP contribution in [0.4, 0.5) is 0 Å². The van der Waals surface area contributed by atoms with Crippen molar-refractivity contribution in [1.82, 2.24) is 0 Å². The highest BCUT2D eigenvalue weighted by atomic mass is 16.8. The number of hydrogen-bond acceptors (Lipinski definition) is 13. The van der Waals surface area contributed by atoms with Crippen LogP contribution in [0.25, 0.3) is 0 Å². The van der Waals surface area contributed by atoms with Crippen molar-refractivity contribution in [3.8, 4) is 0 Å². The Morgan fingerprint density at radius 3 is 1.89 bits per heavy atom. The number of rotatable bonds is 14. The van der Waals surface area contributed by atoms with Gasteiger partial charge in [-0.1, -0.05) is 13.3 Å². The van der Waals surface area contributed by atoms with Crippen LogP contribution in [-0.4, -0.2) is 93.1 Å². The molecule has 1 saturated heterocycles. The quantitative estimate of drug-likeness (QED) is 0.180. The first kappa shape index (κ1) is 31.3. The van der Waals surface area contributed by atoms with E-state index < -0.39 is 73.3 Å². The molecule has 0 unspecified atom stereocenters. The molecular formula is C23H36O13. The van der Waals surface area contributed by atoms with Crippen molar-refractivity contribution in [3.05, 3.63) is 0 Å². The Balaban J connectivity index is 3.45. The third-order valence-corrected chi connectivity index (χ3v) is 4.84. The molecule has 36 heavy (non-hydrogen) atoms. The lowest BCUT2D eigenvalue weighted by atomic mass is 9.86. The van der Waals surface area contributed by atoms with Crippen molar-refractivity contribution in [3.63, 3.8) is 0 Å². The van der Waals surface area contributed by atoms with Gasteiger partial charge in [0.1, 0.15) is 12.7 Å². The molecule has 5 atom stereocenters. The Labute approximate surface area is 209 Å². The zero-order valence-corrected chi connectivity index (χ0v) is 21.6. The fourth-order valence-corrected chi connectivity index (χ4v) is 3.50. The van der Waals surface area contributed by atoms with E-state index in [4.69, 9.17) is 37.9 Å². The molecule has 1 rings (SSSR count). The van der Waals surface area contributed by atoms with E-state index in [1.807, 2.05) is 6.92 Å². The highest BCUT2D eigenvalue weighted by Crippen LogP contribution is 2.38. The number of esters is 5. The summed E-state index contributed by atoms with van der Waals surface area (Å²) in [6.07, 6.45) is -4.12. The lowest BCUT2D eigenvalue weighted by Crippen LogP contribution is -2.72. The van der Waals surface area contributed by atoms with Gasteiger partial charge in [-0.25, -0.2) is 0 Å². The van der Waals surface area contributed by atoms with Gasteiger partial charge in [0, 0.05) is 41.2 Å². The molecule has 0 radical (unpaired) electrons. The molecular weight excluding hydrogens is 484 g/mol. The molecule has 0 N–H and O–H groups in total. The Hall–Kier alpha value is -2.77. The number of hydrogen-bond donors (Lipinski definition) is 0. The van der Waals surface area contributed by atoms with Crippen LogP contribution < -0.4 is 0 Å². The molecule has 1 heterocycles. The van der Waals surface area contributed by atoms with Gasteiger partial charge < -0.3 is 37.9 Å². The fraction of sp³-hybridized carbons (Fsp3) is 0.783.